The number of carbonyl (C=O) groups excluding carboxylic acids is 5. The van der Waals surface area contributed by atoms with E-state index in [9.17, 15) is 63.5 Å². The van der Waals surface area contributed by atoms with E-state index < -0.39 is 66.4 Å². The van der Waals surface area contributed by atoms with Gasteiger partial charge in [0.1, 0.15) is 24.5 Å². The third kappa shape index (κ3) is 23.8. The van der Waals surface area contributed by atoms with Gasteiger partial charge in [-0.3, -0.25) is 34.4 Å². The van der Waals surface area contributed by atoms with Gasteiger partial charge in [-0.15, -0.1) is 0 Å². The third-order valence-corrected chi connectivity index (χ3v) is 10.5. The Balaban J connectivity index is 0.000000641. The molecule has 422 valence electrons. The molecule has 6 bridgehead atoms. The molecule has 2 atom stereocenters. The number of nitrogens with one attached hydrogen (secondary N) is 6. The lowest BCUT2D eigenvalue weighted by atomic mass is 10.0. The molecule has 11 N–H and O–H groups in total. The van der Waals surface area contributed by atoms with Crippen LogP contribution < -0.4 is 32.3 Å². The van der Waals surface area contributed by atoms with E-state index in [0.29, 0.717) is 54.2 Å². The highest BCUT2D eigenvalue weighted by Gasteiger charge is 2.39. The Morgan fingerprint density at radius 2 is 1.03 bits per heavy atom. The van der Waals surface area contributed by atoms with E-state index in [1.165, 1.54) is 0 Å². The minimum absolute atomic E-state index is 0.0139. The quantitative estimate of drug-likeness (QED) is 0.0702. The zero-order valence-electron chi connectivity index (χ0n) is 40.4. The van der Waals surface area contributed by atoms with Crippen molar-refractivity contribution in [1.29, 1.82) is 5.41 Å². The van der Waals surface area contributed by atoms with Crippen LogP contribution in [0.4, 0.5) is 55.7 Å². The van der Waals surface area contributed by atoms with Crippen LogP contribution in [-0.4, -0.2) is 148 Å². The van der Waals surface area contributed by atoms with Crippen molar-refractivity contribution in [2.45, 2.75) is 56.6 Å². The van der Waals surface area contributed by atoms with E-state index in [4.69, 9.17) is 45.6 Å². The van der Waals surface area contributed by atoms with Crippen LogP contribution in [0.5, 0.6) is 0 Å². The van der Waals surface area contributed by atoms with Gasteiger partial charge in [-0.2, -0.15) is 39.5 Å². The highest BCUT2D eigenvalue weighted by molar-refractivity contribution is 5.95. The molecule has 1 fully saturated rings. The van der Waals surface area contributed by atoms with Crippen LogP contribution in [-0.2, 0) is 64.3 Å². The molecule has 30 heteroatoms. The number of anilines is 2. The van der Waals surface area contributed by atoms with Crippen LogP contribution >= 0.6 is 0 Å². The van der Waals surface area contributed by atoms with E-state index in [1.54, 1.807) is 72.8 Å². The Morgan fingerprint density at radius 1 is 0.615 bits per heavy atom. The van der Waals surface area contributed by atoms with Crippen molar-refractivity contribution in [2.75, 3.05) is 49.9 Å². The van der Waals surface area contributed by atoms with Crippen molar-refractivity contribution < 1.29 is 97.9 Å². The molecule has 6 aliphatic heterocycles. The highest BCUT2D eigenvalue weighted by atomic mass is 19.4. The fourth-order valence-corrected chi connectivity index (χ4v) is 6.54. The summed E-state index contributed by atoms with van der Waals surface area (Å²) in [4.78, 5) is 97.7. The molecule has 0 saturated carbocycles. The van der Waals surface area contributed by atoms with E-state index in [0.717, 1.165) is 11.1 Å². The smallest absolute Gasteiger partial charge is 0.475 e. The lowest BCUT2D eigenvalue weighted by Gasteiger charge is -2.33. The number of hydrogen-bond donors (Lipinski definition) is 10. The van der Waals surface area contributed by atoms with E-state index in [2.05, 4.69) is 26.6 Å². The number of fused-ring (bicyclic) bond motifs is 1. The maximum Gasteiger partial charge on any atom is 0.490 e. The maximum atomic E-state index is 14.1. The number of halogens is 9. The second-order valence-electron chi connectivity index (χ2n) is 16.5. The Morgan fingerprint density at radius 3 is 1.42 bits per heavy atom. The minimum atomic E-state index is -5.08. The largest absolute Gasteiger partial charge is 0.490 e. The van der Waals surface area contributed by atoms with Crippen LogP contribution in [0.15, 0.2) is 103 Å². The van der Waals surface area contributed by atoms with Crippen molar-refractivity contribution in [3.8, 4) is 0 Å². The summed E-state index contributed by atoms with van der Waals surface area (Å²) in [6.07, 6.45) is -15.9. The number of carboxylic acids is 3. The number of amides is 5. The standard InChI is InChI=1S/C42H47N9O6.3C2HF3O2/c43-39(44)32-12-6-30(7-13-32)24-45-40(54)35-22-28-8-14-33(15-9-28)46-37(52)25-50-18-20-51(21-19-50)26-38(53)47-34-16-10-29(11-17-34)23-36(41(55)48-35)49-42(56)57-27-31-4-2-1-3-5-31;3*3-2(4,5)1(6)7/h1-17,35-36H,18-27H2,(H3,43,44)(H,45,54)(H,46,52)(H,47,53)(H,48,55)(H,49,56);3*(H,6,7)/t35-,36+;;;/m0.../s1. The molecular weight excluding hydrogens is 1070 g/mol. The van der Waals surface area contributed by atoms with Crippen molar-refractivity contribution in [3.63, 3.8) is 0 Å². The summed E-state index contributed by atoms with van der Waals surface area (Å²) in [6, 6.07) is 27.8. The number of aliphatic carboxylic acids is 3. The molecule has 0 unspecified atom stereocenters. The monoisotopic (exact) mass is 1120 g/mol. The molecule has 4 aromatic carbocycles. The first-order valence-electron chi connectivity index (χ1n) is 22.5. The Bertz CT molecular complexity index is 2630. The number of amidine groups is 1. The van der Waals surface area contributed by atoms with E-state index >= 15 is 0 Å². The Hall–Kier alpha value is -8.80. The Kier molecular flexibility index (Phi) is 24.0. The van der Waals surface area contributed by atoms with Crippen molar-refractivity contribution in [3.05, 3.63) is 131 Å². The number of benzene rings is 4. The zero-order valence-corrected chi connectivity index (χ0v) is 40.4. The molecule has 5 amide bonds. The number of piperazine rings is 1. The van der Waals surface area contributed by atoms with Gasteiger partial charge in [-0.1, -0.05) is 78.9 Å². The lowest BCUT2D eigenvalue weighted by Crippen LogP contribution is -2.55. The van der Waals surface area contributed by atoms with Crippen molar-refractivity contribution in [1.82, 2.24) is 25.8 Å². The summed E-state index contributed by atoms with van der Waals surface area (Å²) in [7, 11) is 0. The van der Waals surface area contributed by atoms with Gasteiger partial charge in [0.25, 0.3) is 0 Å². The first kappa shape index (κ1) is 63.5. The lowest BCUT2D eigenvalue weighted by molar-refractivity contribution is -0.193. The van der Waals surface area contributed by atoms with Crippen LogP contribution in [0.25, 0.3) is 0 Å². The minimum Gasteiger partial charge on any atom is -0.475 e. The number of alkyl halides is 9. The van der Waals surface area contributed by atoms with Gasteiger partial charge >= 0.3 is 42.5 Å². The summed E-state index contributed by atoms with van der Waals surface area (Å²) in [5.41, 5.74) is 10.2. The predicted octanol–water partition coefficient (Wildman–Crippen LogP) is 4.26. The van der Waals surface area contributed by atoms with Gasteiger partial charge in [0.2, 0.25) is 23.6 Å². The van der Waals surface area contributed by atoms with Crippen molar-refractivity contribution in [2.24, 2.45) is 5.73 Å². The first-order valence-corrected chi connectivity index (χ1v) is 22.5. The van der Waals surface area contributed by atoms with E-state index in [-0.39, 0.29) is 56.7 Å². The zero-order chi connectivity index (χ0) is 58.4. The van der Waals surface area contributed by atoms with Crippen LogP contribution in [0, 0.1) is 5.41 Å². The second kappa shape index (κ2) is 29.5. The molecule has 10 rings (SSSR count). The van der Waals surface area contributed by atoms with Gasteiger partial charge in [-0.25, -0.2) is 19.2 Å². The molecule has 78 heavy (non-hydrogen) atoms. The van der Waals surface area contributed by atoms with E-state index in [1.807, 2.05) is 40.1 Å². The average molecular weight is 1120 g/mol. The summed E-state index contributed by atoms with van der Waals surface area (Å²) in [5, 5.41) is 43.3. The molecule has 6 heterocycles. The number of hydrogen-bond acceptors (Lipinski definition) is 12. The summed E-state index contributed by atoms with van der Waals surface area (Å²) in [6.45, 7) is 3.09. The number of carboxylic acid groups (broad SMARTS) is 3. The van der Waals surface area contributed by atoms with Gasteiger partial charge in [0.15, 0.2) is 0 Å². The molecule has 0 radical (unpaired) electrons. The highest BCUT2D eigenvalue weighted by Crippen LogP contribution is 2.18. The molecule has 0 aromatic heterocycles. The van der Waals surface area contributed by atoms with Gasteiger partial charge in [0, 0.05) is 62.5 Å². The summed E-state index contributed by atoms with van der Waals surface area (Å²) in [5.74, 6) is -9.78. The number of nitrogen functional groups attached to an aromatic ring is 1. The van der Waals surface area contributed by atoms with Crippen LogP contribution in [0.3, 0.4) is 0 Å². The summed E-state index contributed by atoms with van der Waals surface area (Å²) < 4.78 is 101. The Labute approximate surface area is 436 Å². The second-order valence-corrected chi connectivity index (χ2v) is 16.5. The maximum absolute atomic E-state index is 14.1. The van der Waals surface area contributed by atoms with Gasteiger partial charge in [0.05, 0.1) is 13.1 Å². The normalized spacial score (nSPS) is 17.9. The number of nitrogens with two attached hydrogens (primary N) is 1. The molecule has 0 aliphatic carbocycles. The molecule has 0 spiro atoms. The molecule has 6 aliphatic rings. The number of alkyl carbamates (subject to hydrolysis) is 1. The molecule has 21 nitrogen and oxygen atoms in total. The SMILES string of the molecule is N=C(N)c1ccc(CNC(=O)[C@@H]2Cc3ccc(cc3)NC(=O)CN3CCN(CC3)CC(=O)Nc3ccc(cc3)C[C@@H](NC(=O)OCc3ccccc3)C(=O)N2)cc1.O=C(O)C(F)(F)F.O=C(O)C(F)(F)F.O=C(O)C(F)(F)F. The molecular formula is C48H50F9N9O12. The average Bonchev–Trinajstić information content (AvgIpc) is 3.36. The number of ether oxygens (including phenoxy) is 1. The number of nitrogens with zero attached hydrogens (tertiary/aromatic N) is 2. The van der Waals surface area contributed by atoms with Gasteiger partial charge in [-0.05, 0) is 46.5 Å². The van der Waals surface area contributed by atoms with Crippen LogP contribution in [0.2, 0.25) is 0 Å². The summed E-state index contributed by atoms with van der Waals surface area (Å²) >= 11 is 0. The van der Waals surface area contributed by atoms with Crippen LogP contribution in [0.1, 0.15) is 27.8 Å². The predicted molar refractivity (Wildman–Crippen MR) is 256 cm³/mol. The molecule has 1 saturated heterocycles. The fourth-order valence-electron chi connectivity index (χ4n) is 6.54. The first-order chi connectivity index (χ1) is 36.4. The third-order valence-electron chi connectivity index (χ3n) is 10.5. The van der Waals surface area contributed by atoms with Crippen molar-refractivity contribution >= 4 is 64.8 Å². The fraction of sp³-hybridized carbons (Fsp3) is 0.312. The number of rotatable bonds is 7. The molecule has 4 aromatic rings. The van der Waals surface area contributed by atoms with Gasteiger partial charge < -0.3 is 52.4 Å². The topological polar surface area (TPSA) is 323 Å². The number of carbonyl (C=O) groups is 8.